The Labute approximate surface area is 229 Å². The van der Waals surface area contributed by atoms with Gasteiger partial charge in [-0.3, -0.25) is 14.4 Å². The summed E-state index contributed by atoms with van der Waals surface area (Å²) in [6, 6.07) is 16.4. The van der Waals surface area contributed by atoms with E-state index in [0.29, 0.717) is 25.8 Å². The number of likely N-dealkylation sites (N-methyl/N-ethyl adjacent to an activating group) is 1. The van der Waals surface area contributed by atoms with Crippen molar-refractivity contribution in [3.05, 3.63) is 71.8 Å². The Morgan fingerprint density at radius 1 is 0.897 bits per heavy atom. The van der Waals surface area contributed by atoms with E-state index in [9.17, 15) is 19.2 Å². The maximum absolute atomic E-state index is 14.0. The van der Waals surface area contributed by atoms with Crippen molar-refractivity contribution in [2.45, 2.75) is 56.4 Å². The normalized spacial score (nSPS) is 21.9. The van der Waals surface area contributed by atoms with Crippen LogP contribution >= 0.6 is 0 Å². The van der Waals surface area contributed by atoms with E-state index in [1.165, 1.54) is 7.05 Å². The number of carbonyl (C=O) groups excluding carboxylic acids is 4. The molecule has 2 aliphatic heterocycles. The minimum absolute atomic E-state index is 0.0227. The topological polar surface area (TPSA) is 123 Å². The molecule has 0 bridgehead atoms. The summed E-state index contributed by atoms with van der Waals surface area (Å²) in [6.45, 7) is 2.13. The van der Waals surface area contributed by atoms with Gasteiger partial charge >= 0.3 is 6.03 Å². The summed E-state index contributed by atoms with van der Waals surface area (Å²) in [7, 11) is 3.20. The minimum atomic E-state index is -0.971. The highest BCUT2D eigenvalue weighted by atomic mass is 16.2. The molecule has 0 spiro atoms. The monoisotopic (exact) mass is 534 g/mol. The van der Waals surface area contributed by atoms with Crippen LogP contribution in [0.4, 0.5) is 4.79 Å². The molecule has 10 heteroatoms. The first-order chi connectivity index (χ1) is 18.8. The number of hydrogen-bond acceptors (Lipinski definition) is 5. The second-order valence-electron chi connectivity index (χ2n) is 10.1. The molecule has 2 fully saturated rings. The Hall–Kier alpha value is -3.92. The summed E-state index contributed by atoms with van der Waals surface area (Å²) in [4.78, 5) is 56.3. The summed E-state index contributed by atoms with van der Waals surface area (Å²) in [5.74, 6) is -0.932. The maximum Gasteiger partial charge on any atom is 0.317 e. The third-order valence-electron chi connectivity index (χ3n) is 7.69. The maximum atomic E-state index is 14.0. The van der Waals surface area contributed by atoms with Crippen molar-refractivity contribution >= 4 is 23.8 Å². The highest BCUT2D eigenvalue weighted by molar-refractivity contribution is 5.94. The summed E-state index contributed by atoms with van der Waals surface area (Å²) in [5.41, 5.74) is 1.89. The molecule has 0 aliphatic carbocycles. The van der Waals surface area contributed by atoms with Crippen molar-refractivity contribution < 1.29 is 19.2 Å². The van der Waals surface area contributed by atoms with E-state index in [1.807, 2.05) is 60.7 Å². The molecule has 4 N–H and O–H groups in total. The zero-order valence-electron chi connectivity index (χ0n) is 22.7. The fourth-order valence-corrected chi connectivity index (χ4v) is 5.40. The molecule has 2 aliphatic rings. The molecule has 5 amide bonds. The highest BCUT2D eigenvalue weighted by Crippen LogP contribution is 2.31. The van der Waals surface area contributed by atoms with Crippen LogP contribution in [0.3, 0.4) is 0 Å². The molecule has 2 saturated heterocycles. The van der Waals surface area contributed by atoms with E-state index in [-0.39, 0.29) is 42.4 Å². The Kier molecular flexibility index (Phi) is 9.19. The van der Waals surface area contributed by atoms with Crippen molar-refractivity contribution in [2.75, 3.05) is 27.2 Å². The number of benzene rings is 2. The highest BCUT2D eigenvalue weighted by Gasteiger charge is 2.45. The van der Waals surface area contributed by atoms with E-state index >= 15 is 0 Å². The quantitative estimate of drug-likeness (QED) is 0.428. The predicted octanol–water partition coefficient (Wildman–Crippen LogP) is 1.39. The molecular weight excluding hydrogens is 496 g/mol. The average molecular weight is 535 g/mol. The predicted molar refractivity (Wildman–Crippen MR) is 148 cm³/mol. The lowest BCUT2D eigenvalue weighted by atomic mass is 9.98. The van der Waals surface area contributed by atoms with Gasteiger partial charge in [0.25, 0.3) is 0 Å². The van der Waals surface area contributed by atoms with Crippen LogP contribution in [0.15, 0.2) is 60.7 Å². The molecule has 1 unspecified atom stereocenters. The van der Waals surface area contributed by atoms with E-state index in [4.69, 9.17) is 0 Å². The molecule has 208 valence electrons. The Balaban J connectivity index is 1.60. The lowest BCUT2D eigenvalue weighted by Crippen LogP contribution is -2.62. The lowest BCUT2D eigenvalue weighted by Gasteiger charge is -2.39. The van der Waals surface area contributed by atoms with Crippen molar-refractivity contribution in [1.82, 2.24) is 31.1 Å². The summed E-state index contributed by atoms with van der Waals surface area (Å²) in [6.07, 6.45) is 1.70. The van der Waals surface area contributed by atoms with Crippen molar-refractivity contribution in [1.29, 1.82) is 0 Å². The van der Waals surface area contributed by atoms with Crippen LogP contribution in [0.1, 0.15) is 43.4 Å². The molecule has 2 aromatic carbocycles. The molecule has 10 nitrogen and oxygen atoms in total. The molecule has 4 atom stereocenters. The molecule has 2 aromatic rings. The van der Waals surface area contributed by atoms with Gasteiger partial charge in [-0.2, -0.15) is 0 Å². The Morgan fingerprint density at radius 3 is 2.08 bits per heavy atom. The first kappa shape index (κ1) is 28.1. The first-order valence-electron chi connectivity index (χ1n) is 13.5. The Bertz CT molecular complexity index is 1120. The van der Waals surface area contributed by atoms with Gasteiger partial charge in [0.05, 0.1) is 18.6 Å². The molecular formula is C29H38N6O4. The van der Waals surface area contributed by atoms with E-state index in [2.05, 4.69) is 21.3 Å². The number of amides is 5. The second-order valence-corrected chi connectivity index (χ2v) is 10.1. The lowest BCUT2D eigenvalue weighted by molar-refractivity contribution is -0.145. The molecule has 4 rings (SSSR count). The standard InChI is InChI=1S/C29H38N6O4/c1-19(30-2)26(36)32-23-18-34(29(39)31-3)17-16-22-14-15-24(35(22)28(23)38)27(37)33-25(20-10-6-4-7-11-20)21-12-8-5-9-13-21/h4-13,19,22-25,30H,14-18H2,1-3H3,(H,31,39)(H,32,36)(H,33,37)/t19-,22+,23?,24-/m0/s1. The van der Waals surface area contributed by atoms with E-state index < -0.39 is 18.1 Å². The third-order valence-corrected chi connectivity index (χ3v) is 7.69. The van der Waals surface area contributed by atoms with Crippen LogP contribution in [0.25, 0.3) is 0 Å². The number of fused-ring (bicyclic) bond motifs is 1. The fraction of sp³-hybridized carbons (Fsp3) is 0.448. The second kappa shape index (κ2) is 12.8. The van der Waals surface area contributed by atoms with Gasteiger partial charge in [-0.25, -0.2) is 4.79 Å². The zero-order chi connectivity index (χ0) is 27.9. The van der Waals surface area contributed by atoms with Gasteiger partial charge in [-0.15, -0.1) is 0 Å². The van der Waals surface area contributed by atoms with Crippen molar-refractivity contribution in [2.24, 2.45) is 0 Å². The Morgan fingerprint density at radius 2 is 1.51 bits per heavy atom. The smallest absolute Gasteiger partial charge is 0.317 e. The molecule has 39 heavy (non-hydrogen) atoms. The van der Waals surface area contributed by atoms with E-state index in [0.717, 1.165) is 11.1 Å². The van der Waals surface area contributed by atoms with E-state index in [1.54, 1.807) is 23.8 Å². The first-order valence-corrected chi connectivity index (χ1v) is 13.5. The number of hydrogen-bond donors (Lipinski definition) is 4. The van der Waals surface area contributed by atoms with Crippen LogP contribution in [0.5, 0.6) is 0 Å². The van der Waals surface area contributed by atoms with Crippen molar-refractivity contribution in [3.63, 3.8) is 0 Å². The van der Waals surface area contributed by atoms with Gasteiger partial charge in [0, 0.05) is 19.6 Å². The molecule has 0 aromatic heterocycles. The minimum Gasteiger partial charge on any atom is -0.343 e. The molecule has 2 heterocycles. The molecule has 0 saturated carbocycles. The number of carbonyl (C=O) groups is 4. The van der Waals surface area contributed by atoms with Crippen LogP contribution in [0, 0.1) is 0 Å². The molecule has 0 radical (unpaired) electrons. The number of nitrogens with zero attached hydrogens (tertiary/aromatic N) is 2. The number of urea groups is 1. The van der Waals surface area contributed by atoms with Gasteiger partial charge in [0.1, 0.15) is 12.1 Å². The fourth-order valence-electron chi connectivity index (χ4n) is 5.40. The van der Waals surface area contributed by atoms with Gasteiger partial charge in [-0.1, -0.05) is 60.7 Å². The number of rotatable bonds is 7. The summed E-state index contributed by atoms with van der Waals surface area (Å²) in [5, 5.41) is 11.5. The SMILES string of the molecule is CNC(=O)N1CC[C@H]2CC[C@@H](C(=O)NC(c3ccccc3)c3ccccc3)N2C(=O)C(NC(=O)[C@H](C)NC)C1. The van der Waals surface area contributed by atoms with Gasteiger partial charge in [-0.05, 0) is 44.4 Å². The summed E-state index contributed by atoms with van der Waals surface area (Å²) < 4.78 is 0. The summed E-state index contributed by atoms with van der Waals surface area (Å²) >= 11 is 0. The van der Waals surface area contributed by atoms with Crippen LogP contribution in [0.2, 0.25) is 0 Å². The largest absolute Gasteiger partial charge is 0.343 e. The van der Waals surface area contributed by atoms with Crippen LogP contribution < -0.4 is 21.3 Å². The number of nitrogens with one attached hydrogen (secondary N) is 4. The van der Waals surface area contributed by atoms with Crippen LogP contribution in [-0.2, 0) is 14.4 Å². The van der Waals surface area contributed by atoms with Crippen LogP contribution in [-0.4, -0.2) is 84.9 Å². The van der Waals surface area contributed by atoms with Gasteiger partial charge < -0.3 is 31.1 Å². The van der Waals surface area contributed by atoms with Crippen molar-refractivity contribution in [3.8, 4) is 0 Å². The zero-order valence-corrected chi connectivity index (χ0v) is 22.7. The average Bonchev–Trinajstić information content (AvgIpc) is 3.39. The van der Waals surface area contributed by atoms with Gasteiger partial charge in [0.15, 0.2) is 0 Å². The van der Waals surface area contributed by atoms with Gasteiger partial charge in [0.2, 0.25) is 17.7 Å². The third kappa shape index (κ3) is 6.39.